The summed E-state index contributed by atoms with van der Waals surface area (Å²) in [6.45, 7) is 0. The lowest BCUT2D eigenvalue weighted by molar-refractivity contribution is -0.142. The molecule has 0 radical (unpaired) electrons. The van der Waals surface area contributed by atoms with Crippen molar-refractivity contribution >= 4 is 17.8 Å². The Morgan fingerprint density at radius 1 is 1.05 bits per heavy atom. The molecule has 1 rings (SSSR count). The number of hydrogen-bond donors (Lipinski definition) is 3. The molecule has 1 amide bonds. The second-order valence-corrected chi connectivity index (χ2v) is 4.04. The Morgan fingerprint density at radius 2 is 1.68 bits per heavy atom. The van der Waals surface area contributed by atoms with Gasteiger partial charge in [0.25, 0.3) is 0 Å². The van der Waals surface area contributed by atoms with Crippen LogP contribution in [-0.4, -0.2) is 34.1 Å². The number of rotatable bonds is 7. The van der Waals surface area contributed by atoms with Crippen LogP contribution in [0.25, 0.3) is 0 Å². The average Bonchev–Trinajstić information content (AvgIpc) is 2.36. The summed E-state index contributed by atoms with van der Waals surface area (Å²) in [5, 5.41) is 19.8. The molecule has 0 saturated heterocycles. The Bertz CT molecular complexity index is 457. The lowest BCUT2D eigenvalue weighted by Crippen LogP contribution is -2.42. The van der Waals surface area contributed by atoms with E-state index in [4.69, 9.17) is 10.2 Å². The van der Waals surface area contributed by atoms with Gasteiger partial charge in [-0.05, 0) is 5.56 Å². The number of nitrogens with one attached hydrogen (secondary N) is 1. The third kappa shape index (κ3) is 5.67. The highest BCUT2D eigenvalue weighted by Gasteiger charge is 2.20. The number of hydrogen-bond acceptors (Lipinski definition) is 3. The van der Waals surface area contributed by atoms with E-state index in [9.17, 15) is 14.4 Å². The first kappa shape index (κ1) is 14.7. The molecule has 0 heterocycles. The van der Waals surface area contributed by atoms with E-state index in [1.54, 1.807) is 24.3 Å². The van der Waals surface area contributed by atoms with Crippen molar-refractivity contribution in [3.05, 3.63) is 35.9 Å². The molecule has 19 heavy (non-hydrogen) atoms. The molecule has 0 aliphatic rings. The van der Waals surface area contributed by atoms with Crippen molar-refractivity contribution in [3.63, 3.8) is 0 Å². The molecule has 0 unspecified atom stereocenters. The molecule has 1 atom stereocenters. The van der Waals surface area contributed by atoms with Gasteiger partial charge in [-0.25, -0.2) is 4.79 Å². The van der Waals surface area contributed by atoms with Crippen LogP contribution in [0.3, 0.4) is 0 Å². The van der Waals surface area contributed by atoms with Crippen molar-refractivity contribution < 1.29 is 24.6 Å². The van der Waals surface area contributed by atoms with E-state index < -0.39 is 23.9 Å². The fourth-order valence-corrected chi connectivity index (χ4v) is 1.54. The molecule has 0 spiro atoms. The summed E-state index contributed by atoms with van der Waals surface area (Å²) in [5.74, 6) is -2.82. The van der Waals surface area contributed by atoms with Crippen LogP contribution in [0, 0.1) is 0 Å². The zero-order valence-corrected chi connectivity index (χ0v) is 10.2. The molecule has 0 aliphatic heterocycles. The van der Waals surface area contributed by atoms with Crippen LogP contribution < -0.4 is 5.32 Å². The lowest BCUT2D eigenvalue weighted by Gasteiger charge is -2.14. The number of carboxylic acid groups (broad SMARTS) is 2. The third-order valence-corrected chi connectivity index (χ3v) is 2.48. The first-order valence-electron chi connectivity index (χ1n) is 5.77. The van der Waals surface area contributed by atoms with Crippen LogP contribution in [-0.2, 0) is 20.8 Å². The predicted octanol–water partition coefficient (Wildman–Crippen LogP) is 0.663. The van der Waals surface area contributed by atoms with Crippen molar-refractivity contribution in [2.45, 2.75) is 25.3 Å². The van der Waals surface area contributed by atoms with Crippen molar-refractivity contribution in [3.8, 4) is 0 Å². The third-order valence-electron chi connectivity index (χ3n) is 2.48. The SMILES string of the molecule is O=C(O)CCC(=O)N[C@@H](Cc1ccccc1)C(=O)O. The van der Waals surface area contributed by atoms with Gasteiger partial charge in [0, 0.05) is 12.8 Å². The minimum atomic E-state index is -1.15. The van der Waals surface area contributed by atoms with E-state index in [0.717, 1.165) is 5.56 Å². The van der Waals surface area contributed by atoms with Gasteiger partial charge in [0.05, 0.1) is 6.42 Å². The van der Waals surface area contributed by atoms with Gasteiger partial charge in [-0.15, -0.1) is 0 Å². The molecule has 1 aromatic carbocycles. The number of carbonyl (C=O) groups excluding carboxylic acids is 1. The Labute approximate surface area is 110 Å². The number of benzene rings is 1. The Morgan fingerprint density at radius 3 is 2.21 bits per heavy atom. The Balaban J connectivity index is 2.56. The van der Waals surface area contributed by atoms with E-state index in [0.29, 0.717) is 0 Å². The normalized spacial score (nSPS) is 11.6. The molecule has 6 heteroatoms. The highest BCUT2D eigenvalue weighted by molar-refractivity contribution is 5.85. The maximum Gasteiger partial charge on any atom is 0.326 e. The predicted molar refractivity (Wildman–Crippen MR) is 66.6 cm³/mol. The van der Waals surface area contributed by atoms with Gasteiger partial charge in [-0.2, -0.15) is 0 Å². The highest BCUT2D eigenvalue weighted by Crippen LogP contribution is 2.04. The van der Waals surface area contributed by atoms with Crippen molar-refractivity contribution in [1.29, 1.82) is 0 Å². The number of aliphatic carboxylic acids is 2. The summed E-state index contributed by atoms with van der Waals surface area (Å²) in [4.78, 5) is 32.8. The summed E-state index contributed by atoms with van der Waals surface area (Å²) in [6, 6.07) is 7.84. The summed E-state index contributed by atoms with van der Waals surface area (Å²) >= 11 is 0. The second kappa shape index (κ2) is 7.15. The monoisotopic (exact) mass is 265 g/mol. The molecule has 0 bridgehead atoms. The van der Waals surface area contributed by atoms with Crippen LogP contribution in [0.2, 0.25) is 0 Å². The summed E-state index contributed by atoms with van der Waals surface area (Å²) in [6.07, 6.45) is -0.383. The fourth-order valence-electron chi connectivity index (χ4n) is 1.54. The van der Waals surface area contributed by atoms with Crippen molar-refractivity contribution in [1.82, 2.24) is 5.32 Å². The molecule has 3 N–H and O–H groups in total. The van der Waals surface area contributed by atoms with Gasteiger partial charge in [-0.3, -0.25) is 9.59 Å². The highest BCUT2D eigenvalue weighted by atomic mass is 16.4. The van der Waals surface area contributed by atoms with Gasteiger partial charge in [0.2, 0.25) is 5.91 Å². The van der Waals surface area contributed by atoms with Crippen LogP contribution >= 0.6 is 0 Å². The maximum atomic E-state index is 11.4. The van der Waals surface area contributed by atoms with Gasteiger partial charge in [0.15, 0.2) is 0 Å². The van der Waals surface area contributed by atoms with Gasteiger partial charge in [0.1, 0.15) is 6.04 Å². The molecule has 1 aromatic rings. The minimum Gasteiger partial charge on any atom is -0.481 e. The molecular weight excluding hydrogens is 250 g/mol. The standard InChI is InChI=1S/C13H15NO5/c15-11(6-7-12(16)17)14-10(13(18)19)8-9-4-2-1-3-5-9/h1-5,10H,6-8H2,(H,14,15)(H,16,17)(H,18,19)/t10-/m0/s1. The summed E-state index contributed by atoms with van der Waals surface area (Å²) in [7, 11) is 0. The molecule has 0 aliphatic carbocycles. The summed E-state index contributed by atoms with van der Waals surface area (Å²) < 4.78 is 0. The minimum absolute atomic E-state index is 0.162. The van der Waals surface area contributed by atoms with Gasteiger partial charge < -0.3 is 15.5 Å². The van der Waals surface area contributed by atoms with E-state index >= 15 is 0 Å². The maximum absolute atomic E-state index is 11.4. The number of carboxylic acids is 2. The first-order chi connectivity index (χ1) is 8.99. The zero-order chi connectivity index (χ0) is 14.3. The van der Waals surface area contributed by atoms with Crippen molar-refractivity contribution in [2.24, 2.45) is 0 Å². The Kier molecular flexibility index (Phi) is 5.53. The second-order valence-electron chi connectivity index (χ2n) is 4.04. The van der Waals surface area contributed by atoms with Gasteiger partial charge in [-0.1, -0.05) is 30.3 Å². The van der Waals surface area contributed by atoms with Crippen LogP contribution in [0.15, 0.2) is 30.3 Å². The van der Waals surface area contributed by atoms with E-state index in [1.807, 2.05) is 6.07 Å². The number of carbonyl (C=O) groups is 3. The zero-order valence-electron chi connectivity index (χ0n) is 10.2. The lowest BCUT2D eigenvalue weighted by atomic mass is 10.1. The molecule has 0 fully saturated rings. The quantitative estimate of drug-likeness (QED) is 0.672. The smallest absolute Gasteiger partial charge is 0.326 e. The van der Waals surface area contributed by atoms with Crippen molar-refractivity contribution in [2.75, 3.05) is 0 Å². The molecule has 0 saturated carbocycles. The molecular formula is C13H15NO5. The topological polar surface area (TPSA) is 104 Å². The van der Waals surface area contributed by atoms with E-state index in [-0.39, 0.29) is 19.3 Å². The van der Waals surface area contributed by atoms with Crippen LogP contribution in [0.1, 0.15) is 18.4 Å². The molecule has 102 valence electrons. The largest absolute Gasteiger partial charge is 0.481 e. The van der Waals surface area contributed by atoms with E-state index in [2.05, 4.69) is 5.32 Å². The summed E-state index contributed by atoms with van der Waals surface area (Å²) in [5.41, 5.74) is 0.786. The Hall–Kier alpha value is -2.37. The molecule has 6 nitrogen and oxygen atoms in total. The fraction of sp³-hybridized carbons (Fsp3) is 0.308. The average molecular weight is 265 g/mol. The van der Waals surface area contributed by atoms with Crippen LogP contribution in [0.4, 0.5) is 0 Å². The van der Waals surface area contributed by atoms with Gasteiger partial charge >= 0.3 is 11.9 Å². The molecule has 0 aromatic heterocycles. The number of amides is 1. The van der Waals surface area contributed by atoms with E-state index in [1.165, 1.54) is 0 Å². The first-order valence-corrected chi connectivity index (χ1v) is 5.77. The van der Waals surface area contributed by atoms with Crippen LogP contribution in [0.5, 0.6) is 0 Å².